The van der Waals surface area contributed by atoms with E-state index in [1.54, 1.807) is 0 Å². The number of nitrogens with zero attached hydrogens (tertiary/aromatic N) is 3. The fraction of sp³-hybridized carbons (Fsp3) is 0.591. The predicted molar refractivity (Wildman–Crippen MR) is 106 cm³/mol. The van der Waals surface area contributed by atoms with Crippen molar-refractivity contribution in [2.24, 2.45) is 5.41 Å². The van der Waals surface area contributed by atoms with Crippen LogP contribution < -0.4 is 0 Å². The molecule has 1 atom stereocenters. The van der Waals surface area contributed by atoms with Crippen LogP contribution in [0.1, 0.15) is 49.1 Å². The van der Waals surface area contributed by atoms with Gasteiger partial charge in [-0.25, -0.2) is 4.98 Å². The predicted octanol–water partition coefficient (Wildman–Crippen LogP) is 3.81. The first-order valence-corrected chi connectivity index (χ1v) is 10.2. The van der Waals surface area contributed by atoms with Gasteiger partial charge < -0.3 is 9.88 Å². The molecule has 26 heavy (non-hydrogen) atoms. The number of imidazole rings is 1. The second kappa shape index (κ2) is 7.53. The molecule has 1 aromatic carbocycles. The second-order valence-corrected chi connectivity index (χ2v) is 8.39. The van der Waals surface area contributed by atoms with Gasteiger partial charge in [0.1, 0.15) is 0 Å². The Kier molecular flexibility index (Phi) is 5.14. The Balaban J connectivity index is 1.43. The van der Waals surface area contributed by atoms with Crippen LogP contribution >= 0.6 is 0 Å². The van der Waals surface area contributed by atoms with Crippen molar-refractivity contribution < 1.29 is 0 Å². The summed E-state index contributed by atoms with van der Waals surface area (Å²) in [6.45, 7) is 11.5. The average molecular weight is 353 g/mol. The molecule has 0 aliphatic carbocycles. The number of hydrogen-bond acceptors (Lipinski definition) is 3. The number of likely N-dealkylation sites (tertiary alicyclic amines) is 2. The molecular weight excluding hydrogens is 320 g/mol. The van der Waals surface area contributed by atoms with Crippen LogP contribution in [-0.2, 0) is 6.54 Å². The summed E-state index contributed by atoms with van der Waals surface area (Å²) >= 11 is 0. The third-order valence-electron chi connectivity index (χ3n) is 6.66. The molecule has 2 fully saturated rings. The molecule has 140 valence electrons. The molecule has 0 bridgehead atoms. The van der Waals surface area contributed by atoms with Gasteiger partial charge in [-0.2, -0.15) is 0 Å². The van der Waals surface area contributed by atoms with Crippen LogP contribution in [0.15, 0.2) is 36.7 Å². The van der Waals surface area contributed by atoms with E-state index in [0.29, 0.717) is 11.3 Å². The number of rotatable bonds is 4. The Morgan fingerprint density at radius 3 is 2.58 bits per heavy atom. The highest BCUT2D eigenvalue weighted by Crippen LogP contribution is 2.45. The summed E-state index contributed by atoms with van der Waals surface area (Å²) in [6.07, 6.45) is 5.80. The van der Waals surface area contributed by atoms with Crippen LogP contribution in [0.5, 0.6) is 0 Å². The van der Waals surface area contributed by atoms with E-state index >= 15 is 0 Å². The van der Waals surface area contributed by atoms with Gasteiger partial charge in [0.2, 0.25) is 0 Å². The lowest BCUT2D eigenvalue weighted by molar-refractivity contribution is 0.0134. The number of aryl methyl sites for hydroxylation is 1. The van der Waals surface area contributed by atoms with Gasteiger partial charge >= 0.3 is 0 Å². The van der Waals surface area contributed by atoms with Gasteiger partial charge in [0.15, 0.2) is 0 Å². The van der Waals surface area contributed by atoms with E-state index in [9.17, 15) is 0 Å². The number of H-pyrrole nitrogens is 1. The molecule has 0 radical (unpaired) electrons. The highest BCUT2D eigenvalue weighted by atomic mass is 15.2. The zero-order valence-corrected chi connectivity index (χ0v) is 16.2. The molecule has 0 amide bonds. The minimum Gasteiger partial charge on any atom is -0.348 e. The Morgan fingerprint density at radius 2 is 1.92 bits per heavy atom. The van der Waals surface area contributed by atoms with Gasteiger partial charge in [-0.05, 0) is 62.7 Å². The van der Waals surface area contributed by atoms with Gasteiger partial charge in [0.25, 0.3) is 0 Å². The highest BCUT2D eigenvalue weighted by Gasteiger charge is 2.41. The van der Waals surface area contributed by atoms with E-state index in [4.69, 9.17) is 0 Å². The topological polar surface area (TPSA) is 35.2 Å². The molecule has 2 aliphatic rings. The smallest absolute Gasteiger partial charge is 0.0925 e. The molecule has 3 heterocycles. The average Bonchev–Trinajstić information content (AvgIpc) is 3.09. The lowest BCUT2D eigenvalue weighted by Crippen LogP contribution is -2.51. The third-order valence-corrected chi connectivity index (χ3v) is 6.66. The van der Waals surface area contributed by atoms with Crippen molar-refractivity contribution in [3.63, 3.8) is 0 Å². The first-order chi connectivity index (χ1) is 12.7. The van der Waals surface area contributed by atoms with E-state index in [2.05, 4.69) is 63.9 Å². The van der Waals surface area contributed by atoms with Crippen LogP contribution in [-0.4, -0.2) is 52.5 Å². The fourth-order valence-corrected chi connectivity index (χ4v) is 5.00. The number of aromatic amines is 1. The molecule has 2 aliphatic heterocycles. The van der Waals surface area contributed by atoms with Crippen LogP contribution in [0, 0.1) is 12.3 Å². The maximum Gasteiger partial charge on any atom is 0.0925 e. The van der Waals surface area contributed by atoms with E-state index in [-0.39, 0.29) is 0 Å². The summed E-state index contributed by atoms with van der Waals surface area (Å²) in [6, 6.07) is 11.2. The summed E-state index contributed by atoms with van der Waals surface area (Å²) in [5.74, 6) is 0.685. The fourth-order valence-electron chi connectivity index (χ4n) is 5.00. The van der Waals surface area contributed by atoms with Crippen LogP contribution in [0.25, 0.3) is 0 Å². The van der Waals surface area contributed by atoms with Gasteiger partial charge in [0, 0.05) is 25.3 Å². The standard InChI is InChI=1S/C22H32N4/c1-3-25-14-20(19-7-5-4-6-8-19)13-22(16-25)9-11-26(12-10-22)15-21-18(2)23-17-24-21/h4-8,17,20H,3,9-16H2,1-2H3,(H,23,24)/t20-/m1/s1. The summed E-state index contributed by atoms with van der Waals surface area (Å²) < 4.78 is 0. The van der Waals surface area contributed by atoms with Gasteiger partial charge in [-0.15, -0.1) is 0 Å². The molecule has 2 saturated heterocycles. The zero-order chi connectivity index (χ0) is 18.0. The number of nitrogens with one attached hydrogen (secondary N) is 1. The number of benzene rings is 1. The first-order valence-electron chi connectivity index (χ1n) is 10.2. The van der Waals surface area contributed by atoms with E-state index in [0.717, 1.165) is 6.54 Å². The van der Waals surface area contributed by atoms with Crippen LogP contribution in [0.3, 0.4) is 0 Å². The lowest BCUT2D eigenvalue weighted by Gasteiger charge is -2.50. The summed E-state index contributed by atoms with van der Waals surface area (Å²) in [5, 5.41) is 0. The highest BCUT2D eigenvalue weighted by molar-refractivity contribution is 5.21. The largest absolute Gasteiger partial charge is 0.348 e. The monoisotopic (exact) mass is 352 g/mol. The minimum atomic E-state index is 0.492. The normalized spacial score (nSPS) is 24.2. The Labute approximate surface area is 157 Å². The molecule has 1 aromatic heterocycles. The number of hydrogen-bond donors (Lipinski definition) is 1. The molecule has 4 rings (SSSR count). The number of aromatic nitrogens is 2. The molecule has 4 nitrogen and oxygen atoms in total. The minimum absolute atomic E-state index is 0.492. The van der Waals surface area contributed by atoms with Crippen molar-refractivity contribution in [1.82, 2.24) is 19.8 Å². The quantitative estimate of drug-likeness (QED) is 0.909. The first kappa shape index (κ1) is 17.7. The van der Waals surface area contributed by atoms with Crippen molar-refractivity contribution in [2.75, 3.05) is 32.7 Å². The van der Waals surface area contributed by atoms with Crippen molar-refractivity contribution in [1.29, 1.82) is 0 Å². The Morgan fingerprint density at radius 1 is 1.15 bits per heavy atom. The molecular formula is C22H32N4. The Bertz CT molecular complexity index is 700. The molecule has 1 spiro atoms. The number of likely N-dealkylation sites (N-methyl/N-ethyl adjacent to an activating group) is 1. The van der Waals surface area contributed by atoms with Crippen molar-refractivity contribution in [3.8, 4) is 0 Å². The van der Waals surface area contributed by atoms with Gasteiger partial charge in [-0.3, -0.25) is 4.90 Å². The van der Waals surface area contributed by atoms with Gasteiger partial charge in [0.05, 0.1) is 12.0 Å². The van der Waals surface area contributed by atoms with Gasteiger partial charge in [-0.1, -0.05) is 37.3 Å². The second-order valence-electron chi connectivity index (χ2n) is 8.39. The molecule has 0 unspecified atom stereocenters. The van der Waals surface area contributed by atoms with Crippen molar-refractivity contribution in [2.45, 2.75) is 45.6 Å². The molecule has 1 N–H and O–H groups in total. The molecule has 0 saturated carbocycles. The lowest BCUT2D eigenvalue weighted by atomic mass is 9.68. The summed E-state index contributed by atoms with van der Waals surface area (Å²) in [7, 11) is 0. The maximum atomic E-state index is 4.49. The van der Waals surface area contributed by atoms with E-state index < -0.39 is 0 Å². The zero-order valence-electron chi connectivity index (χ0n) is 16.2. The maximum absolute atomic E-state index is 4.49. The van der Waals surface area contributed by atoms with Crippen LogP contribution in [0.2, 0.25) is 0 Å². The van der Waals surface area contributed by atoms with E-state index in [1.807, 2.05) is 6.33 Å². The Hall–Kier alpha value is -1.65. The van der Waals surface area contributed by atoms with E-state index in [1.165, 1.54) is 68.9 Å². The van der Waals surface area contributed by atoms with Crippen LogP contribution in [0.4, 0.5) is 0 Å². The summed E-state index contributed by atoms with van der Waals surface area (Å²) in [4.78, 5) is 13.0. The SMILES string of the molecule is CCN1C[C@H](c2ccccc2)CC2(CCN(Cc3nc[nH]c3C)CC2)C1. The number of piperidine rings is 2. The van der Waals surface area contributed by atoms with Crippen molar-refractivity contribution >= 4 is 0 Å². The third kappa shape index (κ3) is 3.72. The van der Waals surface area contributed by atoms with Crippen molar-refractivity contribution in [3.05, 3.63) is 53.6 Å². The molecule has 4 heteroatoms. The molecule has 2 aromatic rings. The summed E-state index contributed by atoms with van der Waals surface area (Å²) in [5.41, 5.74) is 4.44.